The molecule has 5 aromatic rings. The summed E-state index contributed by atoms with van der Waals surface area (Å²) < 4.78 is 15.8. The Bertz CT molecular complexity index is 1330. The van der Waals surface area contributed by atoms with Crippen LogP contribution in [0.15, 0.2) is 60.9 Å². The van der Waals surface area contributed by atoms with Gasteiger partial charge in [0.15, 0.2) is 17.1 Å². The molecule has 1 aromatic carbocycles. The molecule has 0 bridgehead atoms. The molecule has 0 amide bonds. The van der Waals surface area contributed by atoms with Gasteiger partial charge in [-0.25, -0.2) is 29.0 Å². The molecule has 0 saturated heterocycles. The maximum absolute atomic E-state index is 14.1. The van der Waals surface area contributed by atoms with Crippen LogP contribution in [0.1, 0.15) is 5.56 Å². The fraction of sp³-hybridized carbons (Fsp3) is 0.0500. The summed E-state index contributed by atoms with van der Waals surface area (Å²) >= 11 is 0. The van der Waals surface area contributed by atoms with E-state index in [0.717, 1.165) is 5.39 Å². The zero-order chi connectivity index (χ0) is 19.1. The van der Waals surface area contributed by atoms with Crippen LogP contribution in [0.3, 0.4) is 0 Å². The average molecular weight is 371 g/mol. The van der Waals surface area contributed by atoms with E-state index in [4.69, 9.17) is 5.73 Å². The lowest BCUT2D eigenvalue weighted by atomic mass is 10.2. The smallest absolute Gasteiger partial charge is 0.184 e. The first kappa shape index (κ1) is 16.2. The molecule has 136 valence electrons. The van der Waals surface area contributed by atoms with Gasteiger partial charge >= 0.3 is 0 Å². The molecule has 0 saturated carbocycles. The first-order valence-electron chi connectivity index (χ1n) is 8.64. The van der Waals surface area contributed by atoms with Crippen LogP contribution in [-0.2, 0) is 6.54 Å². The Morgan fingerprint density at radius 2 is 1.68 bits per heavy atom. The van der Waals surface area contributed by atoms with E-state index < -0.39 is 0 Å². The number of fused-ring (bicyclic) bond motifs is 2. The summed E-state index contributed by atoms with van der Waals surface area (Å²) in [5, 5.41) is 6.06. The van der Waals surface area contributed by atoms with Crippen LogP contribution in [0.5, 0.6) is 0 Å². The van der Waals surface area contributed by atoms with Crippen molar-refractivity contribution in [3.63, 3.8) is 0 Å². The number of rotatable bonds is 3. The van der Waals surface area contributed by atoms with E-state index in [2.05, 4.69) is 25.0 Å². The van der Waals surface area contributed by atoms with E-state index >= 15 is 0 Å². The van der Waals surface area contributed by atoms with Crippen molar-refractivity contribution in [2.75, 3.05) is 5.73 Å². The molecule has 0 unspecified atom stereocenters. The normalized spacial score (nSPS) is 11.3. The number of hydrogen-bond acceptors (Lipinski definition) is 6. The largest absolute Gasteiger partial charge is 0.383 e. The van der Waals surface area contributed by atoms with Gasteiger partial charge in [0.25, 0.3) is 0 Å². The van der Waals surface area contributed by atoms with Crippen molar-refractivity contribution in [3.05, 3.63) is 72.3 Å². The number of benzene rings is 1. The Kier molecular flexibility index (Phi) is 3.68. The molecule has 5 rings (SSSR count). The Morgan fingerprint density at radius 1 is 0.893 bits per heavy atom. The molecule has 4 aromatic heterocycles. The van der Waals surface area contributed by atoms with Gasteiger partial charge in [-0.1, -0.05) is 18.2 Å². The van der Waals surface area contributed by atoms with Crippen LogP contribution >= 0.6 is 0 Å². The fourth-order valence-corrected chi connectivity index (χ4v) is 3.16. The van der Waals surface area contributed by atoms with Crippen molar-refractivity contribution in [3.8, 4) is 11.5 Å². The highest BCUT2D eigenvalue weighted by atomic mass is 19.1. The third-order valence-electron chi connectivity index (χ3n) is 4.50. The molecular weight excluding hydrogens is 357 g/mol. The fourth-order valence-electron chi connectivity index (χ4n) is 3.16. The van der Waals surface area contributed by atoms with Gasteiger partial charge < -0.3 is 5.73 Å². The van der Waals surface area contributed by atoms with Crippen LogP contribution < -0.4 is 5.73 Å². The molecular formula is C20H14FN7. The zero-order valence-corrected chi connectivity index (χ0v) is 14.6. The van der Waals surface area contributed by atoms with Gasteiger partial charge in [-0.3, -0.25) is 0 Å². The van der Waals surface area contributed by atoms with E-state index in [-0.39, 0.29) is 12.4 Å². The molecule has 0 radical (unpaired) electrons. The maximum Gasteiger partial charge on any atom is 0.184 e. The lowest BCUT2D eigenvalue weighted by Crippen LogP contribution is -2.05. The van der Waals surface area contributed by atoms with Crippen LogP contribution in [0.25, 0.3) is 33.6 Å². The van der Waals surface area contributed by atoms with Gasteiger partial charge in [0.2, 0.25) is 0 Å². The molecule has 28 heavy (non-hydrogen) atoms. The summed E-state index contributed by atoms with van der Waals surface area (Å²) in [7, 11) is 0. The molecule has 0 aliphatic rings. The zero-order valence-electron chi connectivity index (χ0n) is 14.6. The van der Waals surface area contributed by atoms with Crippen LogP contribution in [0.2, 0.25) is 0 Å². The van der Waals surface area contributed by atoms with Crippen molar-refractivity contribution < 1.29 is 4.39 Å². The summed E-state index contributed by atoms with van der Waals surface area (Å²) in [5.41, 5.74) is 8.25. The lowest BCUT2D eigenvalue weighted by Gasteiger charge is -2.04. The molecule has 0 atom stereocenters. The Labute approximate surface area is 158 Å². The minimum atomic E-state index is -0.293. The first-order chi connectivity index (χ1) is 13.7. The van der Waals surface area contributed by atoms with E-state index in [1.165, 1.54) is 6.07 Å². The quantitative estimate of drug-likeness (QED) is 0.523. The minimum absolute atomic E-state index is 0.238. The molecule has 0 aliphatic heterocycles. The number of halogens is 1. The van der Waals surface area contributed by atoms with Crippen molar-refractivity contribution >= 4 is 27.9 Å². The number of anilines is 1. The summed E-state index contributed by atoms with van der Waals surface area (Å²) in [6.07, 6.45) is 3.32. The van der Waals surface area contributed by atoms with E-state index in [1.807, 2.05) is 18.2 Å². The predicted octanol–water partition coefficient (Wildman–Crippen LogP) is 3.21. The Hall–Kier alpha value is -3.94. The Morgan fingerprint density at radius 3 is 2.54 bits per heavy atom. The summed E-state index contributed by atoms with van der Waals surface area (Å²) in [5.74, 6) is 0.391. The highest BCUT2D eigenvalue weighted by molar-refractivity contribution is 5.92. The number of nitrogen functional groups attached to an aromatic ring is 1. The van der Waals surface area contributed by atoms with Crippen molar-refractivity contribution in [2.24, 2.45) is 0 Å². The van der Waals surface area contributed by atoms with Gasteiger partial charge in [0.05, 0.1) is 17.3 Å². The van der Waals surface area contributed by atoms with Crippen LogP contribution in [-0.4, -0.2) is 29.7 Å². The second kappa shape index (κ2) is 6.34. The number of hydrogen-bond donors (Lipinski definition) is 1. The molecule has 2 N–H and O–H groups in total. The second-order valence-electron chi connectivity index (χ2n) is 6.28. The molecule has 8 heteroatoms. The topological polar surface area (TPSA) is 95.4 Å². The molecule has 0 aliphatic carbocycles. The van der Waals surface area contributed by atoms with Crippen molar-refractivity contribution in [1.82, 2.24) is 29.7 Å². The standard InChI is InChI=1S/C20H14FN7/c21-15-8-2-1-5-12(15)11-28-20-13(6-3-10-24-20)16(27-28)19-25-17(22)14-7-4-9-23-18(14)26-19/h1-10H,11H2,(H2,22,23,25,26). The van der Waals surface area contributed by atoms with Crippen molar-refractivity contribution in [1.29, 1.82) is 0 Å². The summed E-state index contributed by atoms with van der Waals surface area (Å²) in [6, 6.07) is 13.9. The minimum Gasteiger partial charge on any atom is -0.383 e. The van der Waals surface area contributed by atoms with Crippen molar-refractivity contribution in [2.45, 2.75) is 6.54 Å². The molecule has 0 fully saturated rings. The van der Waals surface area contributed by atoms with E-state index in [9.17, 15) is 4.39 Å². The predicted molar refractivity (Wildman–Crippen MR) is 104 cm³/mol. The second-order valence-corrected chi connectivity index (χ2v) is 6.28. The van der Waals surface area contributed by atoms with Gasteiger partial charge in [-0.05, 0) is 30.3 Å². The van der Waals surface area contributed by atoms with E-state index in [0.29, 0.717) is 39.6 Å². The monoisotopic (exact) mass is 371 g/mol. The number of aromatic nitrogens is 6. The third-order valence-corrected chi connectivity index (χ3v) is 4.50. The van der Waals surface area contributed by atoms with Gasteiger partial charge in [0.1, 0.15) is 17.3 Å². The SMILES string of the molecule is Nc1nc(-c2nn(Cc3ccccc3F)c3ncccc23)nc2ncccc12. The number of nitrogens with two attached hydrogens (primary N) is 1. The Balaban J connectivity index is 1.70. The highest BCUT2D eigenvalue weighted by Gasteiger charge is 2.18. The summed E-state index contributed by atoms with van der Waals surface area (Å²) in [4.78, 5) is 17.6. The van der Waals surface area contributed by atoms with Crippen LogP contribution in [0.4, 0.5) is 10.2 Å². The van der Waals surface area contributed by atoms with Gasteiger partial charge in [-0.15, -0.1) is 0 Å². The molecule has 0 spiro atoms. The third kappa shape index (κ3) is 2.62. The first-order valence-corrected chi connectivity index (χ1v) is 8.64. The summed E-state index contributed by atoms with van der Waals surface area (Å²) in [6.45, 7) is 0.238. The maximum atomic E-state index is 14.1. The average Bonchev–Trinajstić information content (AvgIpc) is 3.08. The molecule has 4 heterocycles. The van der Waals surface area contributed by atoms with Gasteiger partial charge in [0, 0.05) is 18.0 Å². The van der Waals surface area contributed by atoms with E-state index in [1.54, 1.807) is 41.3 Å². The number of pyridine rings is 2. The highest BCUT2D eigenvalue weighted by Crippen LogP contribution is 2.27. The molecule has 7 nitrogen and oxygen atoms in total. The number of nitrogens with zero attached hydrogens (tertiary/aromatic N) is 6. The van der Waals surface area contributed by atoms with Crippen LogP contribution in [0, 0.1) is 5.82 Å². The lowest BCUT2D eigenvalue weighted by molar-refractivity contribution is 0.589. The van der Waals surface area contributed by atoms with Gasteiger partial charge in [-0.2, -0.15) is 5.10 Å².